The van der Waals surface area contributed by atoms with Crippen LogP contribution >= 0.6 is 0 Å². The Hall–Kier alpha value is -2.15. The molecule has 7 heteroatoms. The predicted molar refractivity (Wildman–Crippen MR) is 73.0 cm³/mol. The number of ether oxygens (including phenoxy) is 1. The van der Waals surface area contributed by atoms with Gasteiger partial charge in [0.2, 0.25) is 0 Å². The molecule has 1 aliphatic rings. The Bertz CT molecular complexity index is 532. The minimum absolute atomic E-state index is 0.0948. The summed E-state index contributed by atoms with van der Waals surface area (Å²) in [5.41, 5.74) is 0.263. The lowest BCUT2D eigenvalue weighted by Gasteiger charge is -2.34. The van der Waals surface area contributed by atoms with Crippen molar-refractivity contribution >= 4 is 11.6 Å². The van der Waals surface area contributed by atoms with E-state index in [2.05, 4.69) is 5.32 Å². The third kappa shape index (κ3) is 2.72. The van der Waals surface area contributed by atoms with E-state index in [9.17, 15) is 14.9 Å². The summed E-state index contributed by atoms with van der Waals surface area (Å²) < 4.78 is 4.99. The molecule has 1 heterocycles. The molecular weight excluding hydrogens is 262 g/mol. The summed E-state index contributed by atoms with van der Waals surface area (Å²) in [4.78, 5) is 24.5. The first kappa shape index (κ1) is 14.3. The lowest BCUT2D eigenvalue weighted by Crippen LogP contribution is -2.52. The Morgan fingerprint density at radius 2 is 2.30 bits per heavy atom. The first-order chi connectivity index (χ1) is 9.54. The number of rotatable bonds is 3. The first-order valence-corrected chi connectivity index (χ1v) is 6.38. The van der Waals surface area contributed by atoms with Crippen LogP contribution in [0.1, 0.15) is 17.3 Å². The molecule has 1 fully saturated rings. The van der Waals surface area contributed by atoms with Crippen molar-refractivity contribution in [2.75, 3.05) is 26.7 Å². The Balaban J connectivity index is 2.28. The summed E-state index contributed by atoms with van der Waals surface area (Å²) in [6.45, 7) is 4.09. The van der Waals surface area contributed by atoms with Gasteiger partial charge in [-0.25, -0.2) is 0 Å². The Morgan fingerprint density at radius 1 is 1.55 bits per heavy atom. The maximum atomic E-state index is 12.4. The molecule has 1 saturated heterocycles. The van der Waals surface area contributed by atoms with Crippen LogP contribution in [0.3, 0.4) is 0 Å². The van der Waals surface area contributed by atoms with Gasteiger partial charge in [0, 0.05) is 43.4 Å². The molecule has 1 aromatic rings. The van der Waals surface area contributed by atoms with Crippen molar-refractivity contribution in [1.29, 1.82) is 0 Å². The van der Waals surface area contributed by atoms with E-state index in [4.69, 9.17) is 4.74 Å². The minimum atomic E-state index is -0.527. The van der Waals surface area contributed by atoms with Gasteiger partial charge in [-0.05, 0) is 13.0 Å². The van der Waals surface area contributed by atoms with E-state index < -0.39 is 4.92 Å². The van der Waals surface area contributed by atoms with E-state index in [1.165, 1.54) is 25.3 Å². The third-order valence-electron chi connectivity index (χ3n) is 3.39. The van der Waals surface area contributed by atoms with E-state index in [1.54, 1.807) is 4.90 Å². The van der Waals surface area contributed by atoms with Crippen LogP contribution in [-0.2, 0) is 0 Å². The zero-order valence-corrected chi connectivity index (χ0v) is 11.5. The number of nitro groups is 1. The summed E-state index contributed by atoms with van der Waals surface area (Å²) in [7, 11) is 1.35. The Morgan fingerprint density at radius 3 is 2.90 bits per heavy atom. The molecule has 2 rings (SSSR count). The van der Waals surface area contributed by atoms with Crippen molar-refractivity contribution in [2.45, 2.75) is 13.0 Å². The molecule has 20 heavy (non-hydrogen) atoms. The molecule has 1 aliphatic heterocycles. The van der Waals surface area contributed by atoms with Crippen LogP contribution in [0.4, 0.5) is 5.69 Å². The zero-order valence-electron chi connectivity index (χ0n) is 11.5. The normalized spacial score (nSPS) is 18.7. The predicted octanol–water partition coefficient (Wildman–Crippen LogP) is 1.04. The Labute approximate surface area is 116 Å². The number of nitro benzene ring substituents is 1. The number of methoxy groups -OCH3 is 1. The highest BCUT2D eigenvalue weighted by Gasteiger charge is 2.25. The van der Waals surface area contributed by atoms with Crippen LogP contribution in [0.25, 0.3) is 0 Å². The molecule has 0 aromatic heterocycles. The lowest BCUT2D eigenvalue weighted by molar-refractivity contribution is -0.385. The molecule has 0 saturated carbocycles. The third-order valence-corrected chi connectivity index (χ3v) is 3.39. The van der Waals surface area contributed by atoms with Crippen LogP contribution in [0, 0.1) is 10.1 Å². The molecule has 7 nitrogen and oxygen atoms in total. The highest BCUT2D eigenvalue weighted by atomic mass is 16.6. The van der Waals surface area contributed by atoms with Gasteiger partial charge < -0.3 is 15.0 Å². The summed E-state index contributed by atoms with van der Waals surface area (Å²) in [5.74, 6) is -0.0316. The summed E-state index contributed by atoms with van der Waals surface area (Å²) in [6, 6.07) is 4.30. The zero-order chi connectivity index (χ0) is 14.7. The number of nitrogens with zero attached hydrogens (tertiary/aromatic N) is 2. The molecular formula is C13H17N3O4. The van der Waals surface area contributed by atoms with Crippen LogP contribution in [0.5, 0.6) is 5.75 Å². The van der Waals surface area contributed by atoms with E-state index in [1.807, 2.05) is 6.92 Å². The Kier molecular flexibility index (Phi) is 4.19. The molecule has 108 valence electrons. The van der Waals surface area contributed by atoms with Gasteiger partial charge in [-0.2, -0.15) is 0 Å². The van der Waals surface area contributed by atoms with Crippen molar-refractivity contribution in [3.8, 4) is 5.75 Å². The fraction of sp³-hybridized carbons (Fsp3) is 0.462. The van der Waals surface area contributed by atoms with Crippen LogP contribution in [0.15, 0.2) is 18.2 Å². The average Bonchev–Trinajstić information content (AvgIpc) is 2.46. The number of hydrogen-bond acceptors (Lipinski definition) is 5. The number of carbonyl (C=O) groups is 1. The number of piperazine rings is 1. The molecule has 1 unspecified atom stereocenters. The molecule has 0 bridgehead atoms. The van der Waals surface area contributed by atoms with Crippen molar-refractivity contribution in [2.24, 2.45) is 0 Å². The summed E-state index contributed by atoms with van der Waals surface area (Å²) in [5, 5.41) is 14.0. The standard InChI is InChI=1S/C13H17N3O4/c1-9-8-14-5-6-15(9)13(17)10-3-4-11(16(18)19)12(7-10)20-2/h3-4,7,9,14H,5-6,8H2,1-2H3. The largest absolute Gasteiger partial charge is 0.490 e. The quantitative estimate of drug-likeness (QED) is 0.660. The second-order valence-corrected chi connectivity index (χ2v) is 4.70. The van der Waals surface area contributed by atoms with Crippen molar-refractivity contribution in [3.05, 3.63) is 33.9 Å². The van der Waals surface area contributed by atoms with Crippen LogP contribution < -0.4 is 10.1 Å². The number of amides is 1. The second kappa shape index (κ2) is 5.87. The lowest BCUT2D eigenvalue weighted by atomic mass is 10.1. The summed E-state index contributed by atoms with van der Waals surface area (Å²) >= 11 is 0. The van der Waals surface area contributed by atoms with Crippen molar-refractivity contribution in [3.63, 3.8) is 0 Å². The van der Waals surface area contributed by atoms with Gasteiger partial charge in [0.15, 0.2) is 5.75 Å². The van der Waals surface area contributed by atoms with Gasteiger partial charge in [0.1, 0.15) is 0 Å². The molecule has 0 spiro atoms. The average molecular weight is 279 g/mol. The number of carbonyl (C=O) groups excluding carboxylic acids is 1. The molecule has 0 radical (unpaired) electrons. The van der Waals surface area contributed by atoms with E-state index in [0.29, 0.717) is 12.1 Å². The minimum Gasteiger partial charge on any atom is -0.490 e. The van der Waals surface area contributed by atoms with Gasteiger partial charge >= 0.3 is 5.69 Å². The molecule has 1 aromatic carbocycles. The van der Waals surface area contributed by atoms with Crippen molar-refractivity contribution < 1.29 is 14.5 Å². The molecule has 1 amide bonds. The number of benzene rings is 1. The van der Waals surface area contributed by atoms with Gasteiger partial charge in [-0.15, -0.1) is 0 Å². The van der Waals surface area contributed by atoms with Gasteiger partial charge in [0.05, 0.1) is 12.0 Å². The fourth-order valence-corrected chi connectivity index (χ4v) is 2.27. The van der Waals surface area contributed by atoms with Crippen LogP contribution in [0.2, 0.25) is 0 Å². The maximum Gasteiger partial charge on any atom is 0.310 e. The highest BCUT2D eigenvalue weighted by molar-refractivity contribution is 5.95. The maximum absolute atomic E-state index is 12.4. The fourth-order valence-electron chi connectivity index (χ4n) is 2.27. The van der Waals surface area contributed by atoms with Crippen molar-refractivity contribution in [1.82, 2.24) is 10.2 Å². The van der Waals surface area contributed by atoms with Gasteiger partial charge in [-0.1, -0.05) is 0 Å². The second-order valence-electron chi connectivity index (χ2n) is 4.70. The number of hydrogen-bond donors (Lipinski definition) is 1. The van der Waals surface area contributed by atoms with Crippen LogP contribution in [-0.4, -0.2) is 48.5 Å². The monoisotopic (exact) mass is 279 g/mol. The highest BCUT2D eigenvalue weighted by Crippen LogP contribution is 2.28. The van der Waals surface area contributed by atoms with E-state index >= 15 is 0 Å². The molecule has 0 aliphatic carbocycles. The smallest absolute Gasteiger partial charge is 0.310 e. The number of nitrogens with one attached hydrogen (secondary N) is 1. The topological polar surface area (TPSA) is 84.7 Å². The van der Waals surface area contributed by atoms with E-state index in [-0.39, 0.29) is 23.4 Å². The first-order valence-electron chi connectivity index (χ1n) is 6.38. The summed E-state index contributed by atoms with van der Waals surface area (Å²) in [6.07, 6.45) is 0. The molecule has 1 atom stereocenters. The molecule has 1 N–H and O–H groups in total. The van der Waals surface area contributed by atoms with Gasteiger partial charge in [0.25, 0.3) is 5.91 Å². The van der Waals surface area contributed by atoms with Gasteiger partial charge in [-0.3, -0.25) is 14.9 Å². The van der Waals surface area contributed by atoms with E-state index in [0.717, 1.165) is 13.1 Å². The SMILES string of the molecule is COc1cc(C(=O)N2CCNCC2C)ccc1[N+](=O)[O-].